The highest BCUT2D eigenvalue weighted by Crippen LogP contribution is 2.32. The Morgan fingerprint density at radius 2 is 1.73 bits per heavy atom. The summed E-state index contributed by atoms with van der Waals surface area (Å²) in [5.41, 5.74) is 0.824. The fraction of sp³-hybridized carbons (Fsp3) is 0.300. The molecule has 2 N–H and O–H groups in total. The smallest absolute Gasteiger partial charge is 0.407 e. The van der Waals surface area contributed by atoms with Crippen molar-refractivity contribution in [3.8, 4) is 0 Å². The molecule has 0 radical (unpaired) electrons. The molecule has 0 fully saturated rings. The molecule has 5 nitrogen and oxygen atoms in total. The van der Waals surface area contributed by atoms with Gasteiger partial charge in [0.1, 0.15) is 6.61 Å². The molecule has 0 bridgehead atoms. The van der Waals surface area contributed by atoms with E-state index in [-0.39, 0.29) is 13.0 Å². The van der Waals surface area contributed by atoms with Gasteiger partial charge in [-0.25, -0.2) is 4.79 Å². The first-order valence-electron chi connectivity index (χ1n) is 8.24. The zero-order chi connectivity index (χ0) is 19.2. The molecule has 0 saturated carbocycles. The van der Waals surface area contributed by atoms with Crippen molar-refractivity contribution in [1.82, 2.24) is 5.32 Å². The minimum Gasteiger partial charge on any atom is -0.481 e. The Morgan fingerprint density at radius 1 is 1.12 bits per heavy atom. The van der Waals surface area contributed by atoms with Gasteiger partial charge in [0, 0.05) is 16.5 Å². The molecule has 6 heteroatoms. The van der Waals surface area contributed by atoms with Crippen LogP contribution in [0.3, 0.4) is 0 Å². The van der Waals surface area contributed by atoms with Crippen LogP contribution in [0, 0.1) is 0 Å². The highest BCUT2D eigenvalue weighted by atomic mass is 35.5. The highest BCUT2D eigenvalue weighted by Gasteiger charge is 2.34. The van der Waals surface area contributed by atoms with Crippen LogP contribution in [0.2, 0.25) is 5.02 Å². The lowest BCUT2D eigenvalue weighted by molar-refractivity contribution is -0.137. The largest absolute Gasteiger partial charge is 0.481 e. The summed E-state index contributed by atoms with van der Waals surface area (Å²) in [6.45, 7) is 3.70. The minimum atomic E-state index is -0.947. The van der Waals surface area contributed by atoms with Crippen LogP contribution >= 0.6 is 11.6 Å². The molecular weight excluding hydrogens is 354 g/mol. The number of hydrogen-bond donors (Lipinski definition) is 2. The lowest BCUT2D eigenvalue weighted by atomic mass is 9.79. The van der Waals surface area contributed by atoms with Gasteiger partial charge in [-0.15, -0.1) is 0 Å². The third-order valence-electron chi connectivity index (χ3n) is 4.16. The summed E-state index contributed by atoms with van der Waals surface area (Å²) < 4.78 is 5.26. The van der Waals surface area contributed by atoms with E-state index in [1.807, 2.05) is 30.3 Å². The van der Waals surface area contributed by atoms with Gasteiger partial charge in [-0.2, -0.15) is 0 Å². The van der Waals surface area contributed by atoms with Crippen molar-refractivity contribution < 1.29 is 19.4 Å². The van der Waals surface area contributed by atoms with Crippen LogP contribution in [0.5, 0.6) is 0 Å². The molecule has 1 atom stereocenters. The summed E-state index contributed by atoms with van der Waals surface area (Å²) >= 11 is 5.91. The van der Waals surface area contributed by atoms with Gasteiger partial charge >= 0.3 is 12.1 Å². The van der Waals surface area contributed by atoms with Gasteiger partial charge in [-0.1, -0.05) is 54.1 Å². The van der Waals surface area contributed by atoms with Gasteiger partial charge in [0.25, 0.3) is 0 Å². The van der Waals surface area contributed by atoms with Crippen LogP contribution in [-0.2, 0) is 16.1 Å². The minimum absolute atomic E-state index is 0.131. The molecule has 2 aromatic rings. The molecule has 0 spiro atoms. The predicted octanol–water partition coefficient (Wildman–Crippen LogP) is 4.60. The van der Waals surface area contributed by atoms with E-state index in [2.05, 4.69) is 5.32 Å². The molecule has 0 aromatic heterocycles. The first kappa shape index (κ1) is 19.8. The Hall–Kier alpha value is -2.53. The van der Waals surface area contributed by atoms with Crippen molar-refractivity contribution in [2.24, 2.45) is 0 Å². The molecule has 0 heterocycles. The third kappa shape index (κ3) is 5.77. The number of nitrogens with one attached hydrogen (secondary N) is 1. The number of alkyl carbamates (subject to hydrolysis) is 1. The summed E-state index contributed by atoms with van der Waals surface area (Å²) in [6.07, 6.45) is -0.726. The van der Waals surface area contributed by atoms with Crippen LogP contribution in [-0.4, -0.2) is 22.7 Å². The van der Waals surface area contributed by atoms with Crippen molar-refractivity contribution in [3.63, 3.8) is 0 Å². The molecule has 2 rings (SSSR count). The maximum absolute atomic E-state index is 12.2. The number of carbonyl (C=O) groups excluding carboxylic acids is 1. The molecule has 0 aliphatic rings. The summed E-state index contributed by atoms with van der Waals surface area (Å²) in [6, 6.07) is 16.3. The van der Waals surface area contributed by atoms with E-state index < -0.39 is 23.5 Å². The zero-order valence-corrected chi connectivity index (χ0v) is 15.5. The number of amides is 1. The normalized spacial score (nSPS) is 12.3. The lowest BCUT2D eigenvalue weighted by Gasteiger charge is -2.34. The number of carbonyl (C=O) groups is 2. The number of hydrogen-bond acceptors (Lipinski definition) is 3. The Balaban J connectivity index is 2.08. The highest BCUT2D eigenvalue weighted by molar-refractivity contribution is 6.30. The van der Waals surface area contributed by atoms with Crippen molar-refractivity contribution in [2.75, 3.05) is 0 Å². The first-order valence-corrected chi connectivity index (χ1v) is 8.62. The summed E-state index contributed by atoms with van der Waals surface area (Å²) in [7, 11) is 0. The molecule has 0 saturated heterocycles. The second kappa shape index (κ2) is 8.72. The van der Waals surface area contributed by atoms with E-state index in [0.717, 1.165) is 11.1 Å². The van der Waals surface area contributed by atoms with Gasteiger partial charge in [0.05, 0.1) is 6.42 Å². The molecule has 0 aliphatic heterocycles. The number of ether oxygens (including phenoxy) is 1. The Labute approximate surface area is 157 Å². The van der Waals surface area contributed by atoms with Crippen molar-refractivity contribution in [1.29, 1.82) is 0 Å². The predicted molar refractivity (Wildman–Crippen MR) is 100 cm³/mol. The van der Waals surface area contributed by atoms with E-state index in [0.29, 0.717) is 5.02 Å². The van der Waals surface area contributed by atoms with Crippen LogP contribution in [0.15, 0.2) is 54.6 Å². The molecule has 1 unspecified atom stereocenters. The Kier molecular flexibility index (Phi) is 6.64. The quantitative estimate of drug-likeness (QED) is 0.741. The number of carboxylic acids is 1. The van der Waals surface area contributed by atoms with Crippen LogP contribution in [0.25, 0.3) is 0 Å². The third-order valence-corrected chi connectivity index (χ3v) is 4.41. The second-order valence-electron chi connectivity index (χ2n) is 6.61. The van der Waals surface area contributed by atoms with Crippen LogP contribution in [0.1, 0.15) is 37.3 Å². The van der Waals surface area contributed by atoms with E-state index in [9.17, 15) is 14.7 Å². The molecule has 1 amide bonds. The first-order chi connectivity index (χ1) is 12.3. The Morgan fingerprint density at radius 3 is 2.31 bits per heavy atom. The maximum atomic E-state index is 12.2. The number of aliphatic carboxylic acids is 1. The topological polar surface area (TPSA) is 75.6 Å². The van der Waals surface area contributed by atoms with Crippen LogP contribution < -0.4 is 5.32 Å². The summed E-state index contributed by atoms with van der Waals surface area (Å²) in [5.74, 6) is -1.39. The van der Waals surface area contributed by atoms with Crippen molar-refractivity contribution >= 4 is 23.7 Å². The van der Waals surface area contributed by atoms with E-state index in [4.69, 9.17) is 16.3 Å². The fourth-order valence-electron chi connectivity index (χ4n) is 2.77. The fourth-order valence-corrected chi connectivity index (χ4v) is 2.89. The number of carboxylic acid groups (broad SMARTS) is 1. The summed E-state index contributed by atoms with van der Waals surface area (Å²) in [5, 5.41) is 12.6. The molecule has 2 aromatic carbocycles. The van der Waals surface area contributed by atoms with Gasteiger partial charge in [0.2, 0.25) is 0 Å². The van der Waals surface area contributed by atoms with Gasteiger partial charge in [0.15, 0.2) is 0 Å². The van der Waals surface area contributed by atoms with Crippen molar-refractivity contribution in [2.45, 2.75) is 38.3 Å². The lowest BCUT2D eigenvalue weighted by Crippen LogP contribution is -2.48. The summed E-state index contributed by atoms with van der Waals surface area (Å²) in [4.78, 5) is 23.5. The molecule has 26 heavy (non-hydrogen) atoms. The van der Waals surface area contributed by atoms with E-state index >= 15 is 0 Å². The SMILES string of the molecule is CC(C)(NC(=O)OCc1ccccc1)C(CC(=O)O)c1ccc(Cl)cc1. The average Bonchev–Trinajstić information content (AvgIpc) is 2.59. The molecule has 0 aliphatic carbocycles. The molecular formula is C20H22ClNO4. The zero-order valence-electron chi connectivity index (χ0n) is 14.7. The Bertz CT molecular complexity index is 744. The van der Waals surface area contributed by atoms with Gasteiger partial charge < -0.3 is 15.2 Å². The average molecular weight is 376 g/mol. The van der Waals surface area contributed by atoms with Gasteiger partial charge in [-0.05, 0) is 37.1 Å². The standard InChI is InChI=1S/C20H22ClNO4/c1-20(2,22-19(25)26-13-14-6-4-3-5-7-14)17(12-18(23)24)15-8-10-16(21)11-9-15/h3-11,17H,12-13H2,1-2H3,(H,22,25)(H,23,24). The van der Waals surface area contributed by atoms with Crippen molar-refractivity contribution in [3.05, 3.63) is 70.7 Å². The van der Waals surface area contributed by atoms with E-state index in [1.165, 1.54) is 0 Å². The second-order valence-corrected chi connectivity index (χ2v) is 7.05. The monoisotopic (exact) mass is 375 g/mol. The van der Waals surface area contributed by atoms with Crippen LogP contribution in [0.4, 0.5) is 4.79 Å². The number of benzene rings is 2. The number of halogens is 1. The molecule has 138 valence electrons. The van der Waals surface area contributed by atoms with Gasteiger partial charge in [-0.3, -0.25) is 4.79 Å². The van der Waals surface area contributed by atoms with E-state index in [1.54, 1.807) is 38.1 Å². The maximum Gasteiger partial charge on any atom is 0.407 e. The number of rotatable bonds is 7.